The number of carbonyl (C=O) groups is 1. The molecule has 0 fully saturated rings. The number of hydrogen-bond donors (Lipinski definition) is 1. The molecule has 0 unspecified atom stereocenters. The molecule has 22 heavy (non-hydrogen) atoms. The van der Waals surface area contributed by atoms with Crippen LogP contribution < -0.4 is 9.62 Å². The van der Waals surface area contributed by atoms with Gasteiger partial charge in [0.2, 0.25) is 5.91 Å². The number of para-hydroxylation sites is 1. The Balaban J connectivity index is 2.42. The number of rotatable bonds is 6. The Labute approximate surface area is 130 Å². The first kappa shape index (κ1) is 16.0. The van der Waals surface area contributed by atoms with Crippen LogP contribution in [0, 0.1) is 0 Å². The second kappa shape index (κ2) is 7.09. The molecular weight excluding hydrogens is 300 g/mol. The fourth-order valence-electron chi connectivity index (χ4n) is 2.01. The molecule has 5 nitrogen and oxygen atoms in total. The van der Waals surface area contributed by atoms with Crippen LogP contribution in [0.15, 0.2) is 65.6 Å². The zero-order valence-electron chi connectivity index (χ0n) is 12.3. The van der Waals surface area contributed by atoms with E-state index in [1.54, 1.807) is 55.5 Å². The predicted octanol–water partition coefficient (Wildman–Crippen LogP) is 2.02. The molecule has 116 valence electrons. The Hall–Kier alpha value is -2.34. The molecule has 0 heterocycles. The second-order valence-electron chi connectivity index (χ2n) is 4.61. The number of carbonyl (C=O) groups excluding carboxylic acids is 1. The maximum atomic E-state index is 12.8. The molecule has 2 rings (SSSR count). The van der Waals surface area contributed by atoms with E-state index in [-0.39, 0.29) is 17.3 Å². The molecule has 1 amide bonds. The van der Waals surface area contributed by atoms with Gasteiger partial charge in [-0.05, 0) is 31.2 Å². The van der Waals surface area contributed by atoms with Crippen LogP contribution in [0.5, 0.6) is 0 Å². The van der Waals surface area contributed by atoms with E-state index in [2.05, 4.69) is 5.32 Å². The minimum absolute atomic E-state index is 0.156. The van der Waals surface area contributed by atoms with Crippen molar-refractivity contribution >= 4 is 21.6 Å². The number of nitrogens with one attached hydrogen (secondary N) is 1. The largest absolute Gasteiger partial charge is 0.355 e. The Kier molecular flexibility index (Phi) is 5.16. The topological polar surface area (TPSA) is 66.5 Å². The molecule has 6 heteroatoms. The van der Waals surface area contributed by atoms with E-state index in [9.17, 15) is 13.2 Å². The molecule has 2 aromatic rings. The highest BCUT2D eigenvalue weighted by molar-refractivity contribution is 7.92. The van der Waals surface area contributed by atoms with Crippen molar-refractivity contribution in [3.8, 4) is 0 Å². The van der Waals surface area contributed by atoms with Gasteiger partial charge in [-0.25, -0.2) is 8.42 Å². The minimum Gasteiger partial charge on any atom is -0.355 e. The number of nitrogens with zero attached hydrogens (tertiary/aromatic N) is 1. The van der Waals surface area contributed by atoms with E-state index in [1.165, 1.54) is 12.1 Å². The Morgan fingerprint density at radius 3 is 2.09 bits per heavy atom. The number of anilines is 1. The van der Waals surface area contributed by atoms with Gasteiger partial charge in [0.05, 0.1) is 10.6 Å². The van der Waals surface area contributed by atoms with Crippen LogP contribution in [0.2, 0.25) is 0 Å². The first-order chi connectivity index (χ1) is 10.6. The summed E-state index contributed by atoms with van der Waals surface area (Å²) < 4.78 is 26.8. The fraction of sp³-hybridized carbons (Fsp3) is 0.188. The predicted molar refractivity (Wildman–Crippen MR) is 86.1 cm³/mol. The highest BCUT2D eigenvalue weighted by Gasteiger charge is 2.26. The summed E-state index contributed by atoms with van der Waals surface area (Å²) in [5, 5.41) is 2.62. The van der Waals surface area contributed by atoms with Gasteiger partial charge in [0.15, 0.2) is 0 Å². The molecule has 0 saturated carbocycles. The lowest BCUT2D eigenvalue weighted by Crippen LogP contribution is -2.40. The van der Waals surface area contributed by atoms with E-state index < -0.39 is 10.0 Å². The van der Waals surface area contributed by atoms with Crippen LogP contribution in [-0.4, -0.2) is 27.4 Å². The lowest BCUT2D eigenvalue weighted by Gasteiger charge is -2.23. The molecule has 0 spiro atoms. The summed E-state index contributed by atoms with van der Waals surface area (Å²) in [5.41, 5.74) is 0.456. The van der Waals surface area contributed by atoms with Gasteiger partial charge in [0, 0.05) is 6.54 Å². The van der Waals surface area contributed by atoms with Gasteiger partial charge in [-0.3, -0.25) is 9.10 Å². The number of hydrogen-bond acceptors (Lipinski definition) is 3. The standard InChI is InChI=1S/C16H18N2O3S/c1-2-17-16(19)13-18(14-9-5-3-6-10-14)22(20,21)15-11-7-4-8-12-15/h3-12H,2,13H2,1H3,(H,17,19). The summed E-state index contributed by atoms with van der Waals surface area (Å²) in [4.78, 5) is 12.0. The van der Waals surface area contributed by atoms with Crippen molar-refractivity contribution < 1.29 is 13.2 Å². The number of likely N-dealkylation sites (N-methyl/N-ethyl adjacent to an activating group) is 1. The monoisotopic (exact) mass is 318 g/mol. The van der Waals surface area contributed by atoms with Crippen LogP contribution in [0.3, 0.4) is 0 Å². The molecule has 0 aliphatic carbocycles. The summed E-state index contributed by atoms with van der Waals surface area (Å²) >= 11 is 0. The van der Waals surface area contributed by atoms with Crippen LogP contribution >= 0.6 is 0 Å². The Morgan fingerprint density at radius 2 is 1.55 bits per heavy atom. The maximum absolute atomic E-state index is 12.8. The summed E-state index contributed by atoms with van der Waals surface area (Å²) in [6.45, 7) is 1.98. The Bertz CT molecular complexity index is 716. The van der Waals surface area contributed by atoms with Crippen molar-refractivity contribution in [3.05, 3.63) is 60.7 Å². The van der Waals surface area contributed by atoms with E-state index in [4.69, 9.17) is 0 Å². The zero-order chi connectivity index (χ0) is 16.0. The summed E-state index contributed by atoms with van der Waals surface area (Å²) in [6.07, 6.45) is 0. The van der Waals surface area contributed by atoms with Gasteiger partial charge in [-0.2, -0.15) is 0 Å². The summed E-state index contributed by atoms with van der Waals surface area (Å²) in [5.74, 6) is -0.342. The summed E-state index contributed by atoms with van der Waals surface area (Å²) in [6, 6.07) is 16.7. The lowest BCUT2D eigenvalue weighted by atomic mass is 10.3. The number of amides is 1. The summed E-state index contributed by atoms with van der Waals surface area (Å²) in [7, 11) is -3.80. The third-order valence-corrected chi connectivity index (χ3v) is 4.82. The van der Waals surface area contributed by atoms with Crippen molar-refractivity contribution in [2.75, 3.05) is 17.4 Å². The van der Waals surface area contributed by atoms with Gasteiger partial charge in [0.25, 0.3) is 10.0 Å². The van der Waals surface area contributed by atoms with Crippen LogP contribution in [0.25, 0.3) is 0 Å². The van der Waals surface area contributed by atoms with Crippen molar-refractivity contribution in [2.45, 2.75) is 11.8 Å². The van der Waals surface area contributed by atoms with Gasteiger partial charge < -0.3 is 5.32 Å². The average molecular weight is 318 g/mol. The van der Waals surface area contributed by atoms with Gasteiger partial charge >= 0.3 is 0 Å². The lowest BCUT2D eigenvalue weighted by molar-refractivity contribution is -0.119. The van der Waals surface area contributed by atoms with Crippen molar-refractivity contribution in [1.82, 2.24) is 5.32 Å². The highest BCUT2D eigenvalue weighted by atomic mass is 32.2. The van der Waals surface area contributed by atoms with Crippen molar-refractivity contribution in [1.29, 1.82) is 0 Å². The van der Waals surface area contributed by atoms with Crippen molar-refractivity contribution in [2.24, 2.45) is 0 Å². The van der Waals surface area contributed by atoms with Gasteiger partial charge in [0.1, 0.15) is 6.54 Å². The number of sulfonamides is 1. The molecule has 1 N–H and O–H groups in total. The fourth-order valence-corrected chi connectivity index (χ4v) is 3.45. The maximum Gasteiger partial charge on any atom is 0.264 e. The molecule has 2 aromatic carbocycles. The van der Waals surface area contributed by atoms with Crippen LogP contribution in [-0.2, 0) is 14.8 Å². The average Bonchev–Trinajstić information content (AvgIpc) is 2.54. The third kappa shape index (κ3) is 3.65. The quantitative estimate of drug-likeness (QED) is 0.886. The molecule has 0 bridgehead atoms. The second-order valence-corrected chi connectivity index (χ2v) is 6.48. The molecular formula is C16H18N2O3S. The van der Waals surface area contributed by atoms with Crippen LogP contribution in [0.4, 0.5) is 5.69 Å². The van der Waals surface area contributed by atoms with E-state index in [1.807, 2.05) is 0 Å². The zero-order valence-corrected chi connectivity index (χ0v) is 13.1. The first-order valence-corrected chi connectivity index (χ1v) is 8.39. The van der Waals surface area contributed by atoms with E-state index in [0.29, 0.717) is 12.2 Å². The molecule has 0 aliphatic rings. The van der Waals surface area contributed by atoms with Gasteiger partial charge in [-0.15, -0.1) is 0 Å². The normalized spacial score (nSPS) is 11.0. The highest BCUT2D eigenvalue weighted by Crippen LogP contribution is 2.22. The molecule has 0 aromatic heterocycles. The molecule has 0 saturated heterocycles. The van der Waals surface area contributed by atoms with E-state index >= 15 is 0 Å². The van der Waals surface area contributed by atoms with Crippen molar-refractivity contribution in [3.63, 3.8) is 0 Å². The van der Waals surface area contributed by atoms with E-state index in [0.717, 1.165) is 4.31 Å². The minimum atomic E-state index is -3.80. The van der Waals surface area contributed by atoms with Crippen LogP contribution in [0.1, 0.15) is 6.92 Å². The van der Waals surface area contributed by atoms with Gasteiger partial charge in [-0.1, -0.05) is 36.4 Å². The smallest absolute Gasteiger partial charge is 0.264 e. The molecule has 0 aliphatic heterocycles. The SMILES string of the molecule is CCNC(=O)CN(c1ccccc1)S(=O)(=O)c1ccccc1. The third-order valence-electron chi connectivity index (χ3n) is 3.04. The molecule has 0 atom stereocenters. The molecule has 0 radical (unpaired) electrons. The Morgan fingerprint density at radius 1 is 1.00 bits per heavy atom. The number of benzene rings is 2. The first-order valence-electron chi connectivity index (χ1n) is 6.95.